The number of phenols is 1. The number of likely N-dealkylation sites (N-methyl/N-ethyl adjacent to an activating group) is 1. The van der Waals surface area contributed by atoms with Crippen molar-refractivity contribution in [3.8, 4) is 11.5 Å². The number of hydrogen-bond donors (Lipinski definition) is 2. The Morgan fingerprint density at radius 2 is 1.89 bits per heavy atom. The van der Waals surface area contributed by atoms with E-state index in [1.165, 1.54) is 30.5 Å². The number of piperidine rings is 1. The number of fused-ring (bicyclic) bond motifs is 2. The molecule has 5 heteroatoms. The van der Waals surface area contributed by atoms with E-state index in [-0.39, 0.29) is 34.0 Å². The van der Waals surface area contributed by atoms with E-state index < -0.39 is 11.2 Å². The summed E-state index contributed by atoms with van der Waals surface area (Å²) in [6.07, 6.45) is 7.74. The first-order chi connectivity index (χ1) is 16.4. The predicted octanol–water partition coefficient (Wildman–Crippen LogP) is 4.56. The van der Waals surface area contributed by atoms with Crippen molar-refractivity contribution in [3.05, 3.63) is 23.3 Å². The number of quaternary nitrogens is 1. The number of likely N-dealkylation sites (tertiary alicyclic amines) is 1. The molecule has 0 aromatic heterocycles. The Morgan fingerprint density at radius 3 is 2.54 bits per heavy atom. The van der Waals surface area contributed by atoms with Crippen LogP contribution in [0.25, 0.3) is 0 Å². The Bertz CT molecular complexity index is 1100. The maximum absolute atomic E-state index is 12.3. The third-order valence-electron chi connectivity index (χ3n) is 12.6. The lowest BCUT2D eigenvalue weighted by Crippen LogP contribution is -2.85. The number of nitrogens with zero attached hydrogens (tertiary/aromatic N) is 1. The Hall–Kier alpha value is -1.30. The molecular weight excluding hydrogens is 438 g/mol. The van der Waals surface area contributed by atoms with Gasteiger partial charge in [-0.15, -0.1) is 0 Å². The summed E-state index contributed by atoms with van der Waals surface area (Å²) < 4.78 is 14.7. The molecular formula is C30H44NO4+. The van der Waals surface area contributed by atoms with Gasteiger partial charge in [0.05, 0.1) is 37.2 Å². The number of methoxy groups -OCH3 is 1. The Kier molecular flexibility index (Phi) is 4.18. The number of aliphatic hydroxyl groups is 1. The molecule has 5 aliphatic carbocycles. The molecule has 0 amide bonds. The third kappa shape index (κ3) is 2.38. The van der Waals surface area contributed by atoms with Crippen LogP contribution in [0.15, 0.2) is 12.1 Å². The second kappa shape index (κ2) is 6.39. The summed E-state index contributed by atoms with van der Waals surface area (Å²) in [6.45, 7) is 11.0. The predicted molar refractivity (Wildman–Crippen MR) is 135 cm³/mol. The molecule has 4 saturated carbocycles. The number of rotatable bonds is 4. The van der Waals surface area contributed by atoms with Crippen molar-refractivity contribution in [1.82, 2.24) is 0 Å². The summed E-state index contributed by atoms with van der Waals surface area (Å²) in [4.78, 5) is 0. The first kappa shape index (κ1) is 22.9. The van der Waals surface area contributed by atoms with Crippen LogP contribution in [0.2, 0.25) is 0 Å². The summed E-state index contributed by atoms with van der Waals surface area (Å²) in [5.74, 6) is 1.83. The zero-order valence-corrected chi connectivity index (χ0v) is 22.5. The van der Waals surface area contributed by atoms with E-state index in [0.717, 1.165) is 49.0 Å². The fourth-order valence-corrected chi connectivity index (χ4v) is 10.3. The summed E-state index contributed by atoms with van der Waals surface area (Å²) in [5.41, 5.74) is 0.817. The average molecular weight is 483 g/mol. The minimum Gasteiger partial charge on any atom is -0.504 e. The number of aromatic hydroxyl groups is 1. The zero-order valence-electron chi connectivity index (χ0n) is 22.5. The van der Waals surface area contributed by atoms with E-state index >= 15 is 0 Å². The second-order valence-corrected chi connectivity index (χ2v) is 14.7. The molecule has 2 heterocycles. The molecule has 2 spiro atoms. The topological polar surface area (TPSA) is 58.9 Å². The molecule has 2 aliphatic heterocycles. The molecule has 4 bridgehead atoms. The van der Waals surface area contributed by atoms with Crippen molar-refractivity contribution in [3.63, 3.8) is 0 Å². The van der Waals surface area contributed by atoms with Gasteiger partial charge in [-0.25, -0.2) is 0 Å². The Morgan fingerprint density at radius 1 is 1.14 bits per heavy atom. The molecule has 1 aromatic rings. The van der Waals surface area contributed by atoms with Gasteiger partial charge in [-0.1, -0.05) is 26.8 Å². The fourth-order valence-electron chi connectivity index (χ4n) is 10.3. The highest BCUT2D eigenvalue weighted by atomic mass is 16.6. The smallest absolute Gasteiger partial charge is 0.165 e. The monoisotopic (exact) mass is 482 g/mol. The van der Waals surface area contributed by atoms with Crippen LogP contribution in [-0.4, -0.2) is 65.3 Å². The number of benzene rings is 1. The number of hydrogen-bond acceptors (Lipinski definition) is 4. The molecule has 7 aliphatic rings. The van der Waals surface area contributed by atoms with Crippen LogP contribution in [0.3, 0.4) is 0 Å². The minimum atomic E-state index is -0.910. The van der Waals surface area contributed by atoms with Gasteiger partial charge in [0.1, 0.15) is 11.7 Å². The van der Waals surface area contributed by atoms with Crippen molar-refractivity contribution in [1.29, 1.82) is 0 Å². The quantitative estimate of drug-likeness (QED) is 0.618. The Labute approximate surface area is 210 Å². The van der Waals surface area contributed by atoms with E-state index in [1.54, 1.807) is 0 Å². The van der Waals surface area contributed by atoms with Crippen molar-refractivity contribution >= 4 is 0 Å². The maximum atomic E-state index is 12.3. The first-order valence-electron chi connectivity index (χ1n) is 14.0. The van der Waals surface area contributed by atoms with Crippen molar-refractivity contribution in [2.45, 2.75) is 101 Å². The van der Waals surface area contributed by atoms with Gasteiger partial charge in [-0.3, -0.25) is 0 Å². The van der Waals surface area contributed by atoms with E-state index in [0.29, 0.717) is 11.8 Å². The van der Waals surface area contributed by atoms with Crippen molar-refractivity contribution < 1.29 is 24.2 Å². The highest BCUT2D eigenvalue weighted by Crippen LogP contribution is 2.78. The van der Waals surface area contributed by atoms with Gasteiger partial charge in [0.2, 0.25) is 0 Å². The van der Waals surface area contributed by atoms with Gasteiger partial charge in [0.25, 0.3) is 0 Å². The van der Waals surface area contributed by atoms with Gasteiger partial charge in [-0.2, -0.15) is 0 Å². The van der Waals surface area contributed by atoms with Crippen LogP contribution >= 0.6 is 0 Å². The van der Waals surface area contributed by atoms with E-state index in [9.17, 15) is 10.2 Å². The molecule has 0 radical (unpaired) electrons. The maximum Gasteiger partial charge on any atom is 0.165 e. The summed E-state index contributed by atoms with van der Waals surface area (Å²) >= 11 is 0. The summed E-state index contributed by atoms with van der Waals surface area (Å²) in [5, 5.41) is 23.3. The van der Waals surface area contributed by atoms with Gasteiger partial charge in [0, 0.05) is 42.8 Å². The Balaban J connectivity index is 1.50. The fraction of sp³-hybridized carbons (Fsp3) is 0.800. The lowest BCUT2D eigenvalue weighted by molar-refractivity contribution is -0.952. The van der Waals surface area contributed by atoms with Gasteiger partial charge >= 0.3 is 0 Å². The van der Waals surface area contributed by atoms with E-state index in [2.05, 4.69) is 33.9 Å². The summed E-state index contributed by atoms with van der Waals surface area (Å²) in [6, 6.07) is 4.55. The van der Waals surface area contributed by atoms with Crippen LogP contribution in [0.4, 0.5) is 0 Å². The molecule has 5 nitrogen and oxygen atoms in total. The normalized spacial score (nSPS) is 46.7. The number of ether oxygens (including phenoxy) is 2. The first-order valence-corrected chi connectivity index (χ1v) is 14.0. The van der Waals surface area contributed by atoms with Crippen molar-refractivity contribution in [2.75, 3.05) is 27.2 Å². The second-order valence-electron chi connectivity index (χ2n) is 14.7. The molecule has 1 saturated heterocycles. The molecule has 8 rings (SSSR count). The average Bonchev–Trinajstić information content (AvgIpc) is 3.52. The standard InChI is InChI=1S/C30H43NO4/c1-26(2,3)27(4,33)21-16-28-11-12-30(21,34-6)25-29(28)13-14-31(5,17-18-7-8-18)22(28)15-19-9-10-20(32)24(35-25)23(19)29/h9-10,18,21-22,25,33H,7-8,11-17H2,1-6H3/p+1/t21-,22-,25-,27?,28-,29+,30-,31-/m0/s1. The van der Waals surface area contributed by atoms with Gasteiger partial charge in [0.15, 0.2) is 11.5 Å². The van der Waals surface area contributed by atoms with Crippen LogP contribution in [0.1, 0.15) is 77.3 Å². The van der Waals surface area contributed by atoms with Crippen molar-refractivity contribution in [2.24, 2.45) is 22.7 Å². The lowest BCUT2D eigenvalue weighted by atomic mass is 9.33. The highest BCUT2D eigenvalue weighted by molar-refractivity contribution is 5.63. The van der Waals surface area contributed by atoms with Gasteiger partial charge in [-0.05, 0) is 56.1 Å². The molecule has 2 N–H and O–H groups in total. The summed E-state index contributed by atoms with van der Waals surface area (Å²) in [7, 11) is 4.37. The largest absolute Gasteiger partial charge is 0.504 e. The van der Waals surface area contributed by atoms with Crippen LogP contribution in [-0.2, 0) is 16.6 Å². The minimum absolute atomic E-state index is 0.0279. The highest BCUT2D eigenvalue weighted by Gasteiger charge is 2.84. The van der Waals surface area contributed by atoms with Crippen LogP contribution in [0, 0.1) is 22.7 Å². The van der Waals surface area contributed by atoms with Crippen LogP contribution in [0.5, 0.6) is 11.5 Å². The molecule has 5 fully saturated rings. The molecule has 1 unspecified atom stereocenters. The van der Waals surface area contributed by atoms with Gasteiger partial charge < -0.3 is 24.2 Å². The molecule has 192 valence electrons. The molecule has 8 atom stereocenters. The van der Waals surface area contributed by atoms with E-state index in [4.69, 9.17) is 9.47 Å². The van der Waals surface area contributed by atoms with Crippen LogP contribution < -0.4 is 4.74 Å². The lowest BCUT2D eigenvalue weighted by Gasteiger charge is -2.75. The molecule has 1 aromatic carbocycles. The number of phenolic OH excluding ortho intramolecular Hbond substituents is 1. The zero-order chi connectivity index (χ0) is 24.8. The third-order valence-corrected chi connectivity index (χ3v) is 12.6. The van der Waals surface area contributed by atoms with E-state index in [1.807, 2.05) is 20.1 Å². The molecule has 35 heavy (non-hydrogen) atoms. The SMILES string of the molecule is CO[C@@]12CC[C@]3(C[C@H]1C(C)(O)C(C)(C)C)[C@@H]1Cc4ccc(O)c5c4[C@]3(CC[N@@+]1(C)CC1CC1)[C@@H]2O5.